The molecule has 5 heteroatoms. The van der Waals surface area contributed by atoms with Crippen molar-refractivity contribution in [2.75, 3.05) is 5.75 Å². The van der Waals surface area contributed by atoms with Gasteiger partial charge < -0.3 is 15.9 Å². The number of carbonyl (C=O) groups is 1. The molecular formula is C10H13NO3S. The Morgan fingerprint density at radius 3 is 2.27 bits per heavy atom. The Bertz CT molecular complexity index is 339. The number of hydrogen-bond donors (Lipinski definition) is 4. The predicted octanol–water partition coefficient (Wildman–Crippen LogP) is 0.110. The van der Waals surface area contributed by atoms with Crippen LogP contribution in [0, 0.1) is 0 Å². The molecule has 0 aliphatic heterocycles. The van der Waals surface area contributed by atoms with Gasteiger partial charge >= 0.3 is 0 Å². The monoisotopic (exact) mass is 227 g/mol. The predicted molar refractivity (Wildman–Crippen MR) is 59.8 cm³/mol. The Morgan fingerprint density at radius 2 is 1.87 bits per heavy atom. The minimum Gasteiger partial charge on any atom is -0.389 e. The molecule has 1 aromatic rings. The molecule has 2 unspecified atom stereocenters. The molecule has 82 valence electrons. The van der Waals surface area contributed by atoms with E-state index < -0.39 is 18.1 Å². The molecule has 1 rings (SSSR count). The van der Waals surface area contributed by atoms with Crippen molar-refractivity contribution in [2.45, 2.75) is 12.2 Å². The Morgan fingerprint density at radius 1 is 1.33 bits per heavy atom. The van der Waals surface area contributed by atoms with Crippen molar-refractivity contribution in [1.29, 1.82) is 0 Å². The topological polar surface area (TPSA) is 83.6 Å². The van der Waals surface area contributed by atoms with Crippen LogP contribution in [0.25, 0.3) is 0 Å². The molecule has 15 heavy (non-hydrogen) atoms. The Hall–Kier alpha value is -1.04. The van der Waals surface area contributed by atoms with Crippen LogP contribution in [0.2, 0.25) is 0 Å². The zero-order chi connectivity index (χ0) is 11.4. The number of carbonyl (C=O) groups excluding carboxylic acids is 1. The first-order valence-corrected chi connectivity index (χ1v) is 5.06. The summed E-state index contributed by atoms with van der Waals surface area (Å²) < 4.78 is 0. The molecule has 0 saturated carbocycles. The van der Waals surface area contributed by atoms with Gasteiger partial charge in [0.15, 0.2) is 0 Å². The highest BCUT2D eigenvalue weighted by molar-refractivity contribution is 7.80. The quantitative estimate of drug-likeness (QED) is 0.551. The minimum absolute atomic E-state index is 0.165. The van der Waals surface area contributed by atoms with Crippen molar-refractivity contribution in [3.05, 3.63) is 35.4 Å². The van der Waals surface area contributed by atoms with Crippen LogP contribution >= 0.6 is 12.6 Å². The zero-order valence-corrected chi connectivity index (χ0v) is 8.89. The average molecular weight is 227 g/mol. The largest absolute Gasteiger partial charge is 0.389 e. The molecule has 0 bridgehead atoms. The van der Waals surface area contributed by atoms with Gasteiger partial charge in [0.2, 0.25) is 5.91 Å². The van der Waals surface area contributed by atoms with Gasteiger partial charge in [-0.05, 0) is 17.7 Å². The van der Waals surface area contributed by atoms with Crippen molar-refractivity contribution >= 4 is 18.5 Å². The normalized spacial score (nSPS) is 14.6. The number of benzene rings is 1. The molecule has 1 amide bonds. The van der Waals surface area contributed by atoms with Crippen LogP contribution in [-0.2, 0) is 0 Å². The summed E-state index contributed by atoms with van der Waals surface area (Å²) in [5.74, 6) is -0.357. The number of amides is 1. The standard InChI is InChI=1S/C10H13NO3S/c11-10(14)7-3-1-6(2-4-7)9(13)8(12)5-15/h1-4,8-9,12-13,15H,5H2,(H2,11,14). The smallest absolute Gasteiger partial charge is 0.248 e. The Labute approximate surface area is 93.1 Å². The van der Waals surface area contributed by atoms with E-state index in [-0.39, 0.29) is 5.75 Å². The van der Waals surface area contributed by atoms with E-state index in [1.54, 1.807) is 12.1 Å². The van der Waals surface area contributed by atoms with Crippen molar-refractivity contribution < 1.29 is 15.0 Å². The van der Waals surface area contributed by atoms with Crippen LogP contribution in [0.3, 0.4) is 0 Å². The third kappa shape index (κ3) is 2.95. The molecule has 1 aromatic carbocycles. The fraction of sp³-hybridized carbons (Fsp3) is 0.300. The summed E-state index contributed by atoms with van der Waals surface area (Å²) in [5, 5.41) is 18.9. The maximum absolute atomic E-state index is 10.8. The zero-order valence-electron chi connectivity index (χ0n) is 8.00. The van der Waals surface area contributed by atoms with Crippen LogP contribution in [-0.4, -0.2) is 28.0 Å². The second-order valence-corrected chi connectivity index (χ2v) is 3.55. The third-order valence-electron chi connectivity index (χ3n) is 2.09. The Kier molecular flexibility index (Phi) is 4.14. The number of rotatable bonds is 4. The molecule has 2 atom stereocenters. The van der Waals surface area contributed by atoms with Crippen molar-refractivity contribution in [2.24, 2.45) is 5.73 Å². The first kappa shape index (κ1) is 12.0. The molecule has 4 nitrogen and oxygen atoms in total. The molecule has 0 fully saturated rings. The fourth-order valence-electron chi connectivity index (χ4n) is 1.17. The summed E-state index contributed by atoms with van der Waals surface area (Å²) >= 11 is 3.87. The van der Waals surface area contributed by atoms with E-state index in [0.29, 0.717) is 11.1 Å². The maximum atomic E-state index is 10.8. The van der Waals surface area contributed by atoms with Crippen LogP contribution in [0.1, 0.15) is 22.0 Å². The molecule has 4 N–H and O–H groups in total. The van der Waals surface area contributed by atoms with Crippen molar-refractivity contribution in [3.63, 3.8) is 0 Å². The van der Waals surface area contributed by atoms with Crippen molar-refractivity contribution in [3.8, 4) is 0 Å². The summed E-state index contributed by atoms with van der Waals surface area (Å²) in [6.07, 6.45) is -1.92. The van der Waals surface area contributed by atoms with E-state index in [1.165, 1.54) is 12.1 Å². The van der Waals surface area contributed by atoms with Crippen LogP contribution in [0.5, 0.6) is 0 Å². The van der Waals surface area contributed by atoms with Gasteiger partial charge in [-0.25, -0.2) is 0 Å². The van der Waals surface area contributed by atoms with E-state index >= 15 is 0 Å². The first-order valence-electron chi connectivity index (χ1n) is 4.43. The number of thiol groups is 1. The fourth-order valence-corrected chi connectivity index (χ4v) is 1.37. The lowest BCUT2D eigenvalue weighted by atomic mass is 10.0. The highest BCUT2D eigenvalue weighted by Gasteiger charge is 2.16. The number of hydrogen-bond acceptors (Lipinski definition) is 4. The highest BCUT2D eigenvalue weighted by Crippen LogP contribution is 2.18. The lowest BCUT2D eigenvalue weighted by Crippen LogP contribution is -2.20. The Balaban J connectivity index is 2.84. The average Bonchev–Trinajstić information content (AvgIpc) is 2.27. The number of primary amides is 1. The molecule has 0 heterocycles. The number of nitrogens with two attached hydrogens (primary N) is 1. The summed E-state index contributed by atoms with van der Waals surface area (Å²) in [6, 6.07) is 6.12. The van der Waals surface area contributed by atoms with Gasteiger partial charge in [-0.15, -0.1) is 0 Å². The van der Waals surface area contributed by atoms with Gasteiger partial charge in [0, 0.05) is 11.3 Å². The highest BCUT2D eigenvalue weighted by atomic mass is 32.1. The molecule has 0 aromatic heterocycles. The van der Waals surface area contributed by atoms with E-state index in [4.69, 9.17) is 5.73 Å². The number of aliphatic hydroxyl groups is 2. The summed E-state index contributed by atoms with van der Waals surface area (Å²) in [4.78, 5) is 10.8. The summed E-state index contributed by atoms with van der Waals surface area (Å²) in [6.45, 7) is 0. The van der Waals surface area contributed by atoms with E-state index in [1.807, 2.05) is 0 Å². The van der Waals surface area contributed by atoms with Gasteiger partial charge in [-0.1, -0.05) is 12.1 Å². The summed E-state index contributed by atoms with van der Waals surface area (Å²) in [5.41, 5.74) is 5.96. The lowest BCUT2D eigenvalue weighted by molar-refractivity contribution is 0.0337. The number of aliphatic hydroxyl groups excluding tert-OH is 2. The van der Waals surface area contributed by atoms with Gasteiger partial charge in [0.1, 0.15) is 6.10 Å². The third-order valence-corrected chi connectivity index (χ3v) is 2.46. The van der Waals surface area contributed by atoms with Gasteiger partial charge in [0.25, 0.3) is 0 Å². The second kappa shape index (κ2) is 5.16. The molecule has 0 saturated heterocycles. The SMILES string of the molecule is NC(=O)c1ccc(C(O)C(O)CS)cc1. The van der Waals surface area contributed by atoms with E-state index in [2.05, 4.69) is 12.6 Å². The first-order chi connectivity index (χ1) is 7.06. The van der Waals surface area contributed by atoms with Gasteiger partial charge in [-0.2, -0.15) is 12.6 Å². The molecule has 0 aliphatic rings. The molecular weight excluding hydrogens is 214 g/mol. The minimum atomic E-state index is -0.996. The van der Waals surface area contributed by atoms with Gasteiger partial charge in [0.05, 0.1) is 6.10 Å². The van der Waals surface area contributed by atoms with Crippen LogP contribution in [0.4, 0.5) is 0 Å². The second-order valence-electron chi connectivity index (χ2n) is 3.18. The molecule has 0 radical (unpaired) electrons. The lowest BCUT2D eigenvalue weighted by Gasteiger charge is -2.16. The molecule has 0 spiro atoms. The van der Waals surface area contributed by atoms with Gasteiger partial charge in [-0.3, -0.25) is 4.79 Å². The molecule has 0 aliphatic carbocycles. The summed E-state index contributed by atoms with van der Waals surface area (Å²) in [7, 11) is 0. The van der Waals surface area contributed by atoms with Crippen LogP contribution in [0.15, 0.2) is 24.3 Å². The van der Waals surface area contributed by atoms with E-state index in [9.17, 15) is 15.0 Å². The van der Waals surface area contributed by atoms with Crippen LogP contribution < -0.4 is 5.73 Å². The van der Waals surface area contributed by atoms with Crippen molar-refractivity contribution in [1.82, 2.24) is 0 Å². The maximum Gasteiger partial charge on any atom is 0.248 e. The van der Waals surface area contributed by atoms with E-state index in [0.717, 1.165) is 0 Å².